The van der Waals surface area contributed by atoms with E-state index in [1.54, 1.807) is 31.4 Å². The van der Waals surface area contributed by atoms with Gasteiger partial charge in [-0.3, -0.25) is 4.79 Å². The van der Waals surface area contributed by atoms with Crippen LogP contribution in [0.25, 0.3) is 6.08 Å². The predicted octanol–water partition coefficient (Wildman–Crippen LogP) is 3.92. The van der Waals surface area contributed by atoms with Crippen molar-refractivity contribution >= 4 is 11.9 Å². The second-order valence-electron chi connectivity index (χ2n) is 5.29. The van der Waals surface area contributed by atoms with Crippen LogP contribution in [0.1, 0.15) is 15.9 Å². The Labute approximate surface area is 141 Å². The van der Waals surface area contributed by atoms with Gasteiger partial charge in [-0.05, 0) is 30.3 Å². The van der Waals surface area contributed by atoms with E-state index < -0.39 is 0 Å². The molecule has 2 aromatic carbocycles. The summed E-state index contributed by atoms with van der Waals surface area (Å²) < 4.78 is 16.5. The Hall–Kier alpha value is -3.01. The molecule has 0 unspecified atom stereocenters. The molecule has 1 aliphatic heterocycles. The Kier molecular flexibility index (Phi) is 4.66. The van der Waals surface area contributed by atoms with Gasteiger partial charge in [0.1, 0.15) is 30.5 Å². The first kappa shape index (κ1) is 15.9. The first-order chi connectivity index (χ1) is 11.7. The van der Waals surface area contributed by atoms with Crippen molar-refractivity contribution < 1.29 is 19.0 Å². The van der Waals surface area contributed by atoms with Crippen molar-refractivity contribution in [2.24, 2.45) is 0 Å². The van der Waals surface area contributed by atoms with Gasteiger partial charge in [0.15, 0.2) is 5.78 Å². The second kappa shape index (κ2) is 7.04. The normalized spacial score (nSPS) is 14.7. The summed E-state index contributed by atoms with van der Waals surface area (Å²) in [4.78, 5) is 12.8. The highest BCUT2D eigenvalue weighted by molar-refractivity contribution is 6.14. The highest BCUT2D eigenvalue weighted by Gasteiger charge is 2.24. The minimum atomic E-state index is -0.0614. The summed E-state index contributed by atoms with van der Waals surface area (Å²) in [6, 6.07) is 12.8. The van der Waals surface area contributed by atoms with Gasteiger partial charge < -0.3 is 14.2 Å². The van der Waals surface area contributed by atoms with Crippen LogP contribution >= 0.6 is 0 Å². The summed E-state index contributed by atoms with van der Waals surface area (Å²) in [7, 11) is 1.57. The summed E-state index contributed by atoms with van der Waals surface area (Å²) in [5.41, 5.74) is 1.92. The monoisotopic (exact) mass is 322 g/mol. The third kappa shape index (κ3) is 3.18. The SMILES string of the molecule is C=CCOc1ccccc1/C=C1\COc2ccc(OC)cc2C1=O. The smallest absolute Gasteiger partial charge is 0.196 e. The zero-order valence-electron chi connectivity index (χ0n) is 13.5. The number of para-hydroxylation sites is 1. The number of carbonyl (C=O) groups is 1. The molecular formula is C20H18O4. The van der Waals surface area contributed by atoms with Crippen LogP contribution < -0.4 is 14.2 Å². The van der Waals surface area contributed by atoms with E-state index in [-0.39, 0.29) is 12.4 Å². The van der Waals surface area contributed by atoms with E-state index in [1.165, 1.54) is 0 Å². The molecule has 3 rings (SSSR count). The summed E-state index contributed by atoms with van der Waals surface area (Å²) in [6.45, 7) is 4.29. The highest BCUT2D eigenvalue weighted by Crippen LogP contribution is 2.32. The average Bonchev–Trinajstić information content (AvgIpc) is 2.63. The standard InChI is InChI=1S/C20H18O4/c1-3-10-23-18-7-5-4-6-14(18)11-15-13-24-19-9-8-16(22-2)12-17(19)20(15)21/h3-9,11-12H,1,10,13H2,2H3/b15-11+. The molecule has 122 valence electrons. The third-order valence-corrected chi connectivity index (χ3v) is 3.71. The fraction of sp³-hybridized carbons (Fsp3) is 0.150. The van der Waals surface area contributed by atoms with Crippen molar-refractivity contribution in [1.29, 1.82) is 0 Å². The maximum atomic E-state index is 12.8. The topological polar surface area (TPSA) is 44.8 Å². The molecule has 0 aliphatic carbocycles. The van der Waals surface area contributed by atoms with Gasteiger partial charge in [-0.25, -0.2) is 0 Å². The van der Waals surface area contributed by atoms with E-state index in [0.717, 1.165) is 5.56 Å². The third-order valence-electron chi connectivity index (χ3n) is 3.71. The maximum Gasteiger partial charge on any atom is 0.196 e. The van der Waals surface area contributed by atoms with E-state index in [4.69, 9.17) is 14.2 Å². The molecule has 0 radical (unpaired) electrons. The van der Waals surface area contributed by atoms with Gasteiger partial charge in [-0.2, -0.15) is 0 Å². The molecular weight excluding hydrogens is 304 g/mol. The maximum absolute atomic E-state index is 12.8. The van der Waals surface area contributed by atoms with Gasteiger partial charge in [0.2, 0.25) is 0 Å². The molecule has 0 spiro atoms. The van der Waals surface area contributed by atoms with Crippen molar-refractivity contribution in [3.8, 4) is 17.2 Å². The molecule has 2 aromatic rings. The van der Waals surface area contributed by atoms with Gasteiger partial charge in [0, 0.05) is 11.1 Å². The number of hydrogen-bond acceptors (Lipinski definition) is 4. The first-order valence-electron chi connectivity index (χ1n) is 7.61. The van der Waals surface area contributed by atoms with Gasteiger partial charge in [-0.15, -0.1) is 0 Å². The van der Waals surface area contributed by atoms with Crippen molar-refractivity contribution in [2.75, 3.05) is 20.3 Å². The summed E-state index contributed by atoms with van der Waals surface area (Å²) in [6.07, 6.45) is 3.49. The molecule has 0 saturated heterocycles. The molecule has 0 aromatic heterocycles. The molecule has 1 aliphatic rings. The van der Waals surface area contributed by atoms with Crippen molar-refractivity contribution in [3.05, 3.63) is 71.8 Å². The minimum Gasteiger partial charge on any atom is -0.497 e. The molecule has 0 bridgehead atoms. The molecule has 0 atom stereocenters. The van der Waals surface area contributed by atoms with Crippen LogP contribution in [-0.2, 0) is 0 Å². The average molecular weight is 322 g/mol. The lowest BCUT2D eigenvalue weighted by Crippen LogP contribution is -2.19. The van der Waals surface area contributed by atoms with E-state index in [0.29, 0.717) is 35.0 Å². The molecule has 1 heterocycles. The van der Waals surface area contributed by atoms with Crippen LogP contribution in [0.4, 0.5) is 0 Å². The lowest BCUT2D eigenvalue weighted by molar-refractivity contribution is 0.100. The largest absolute Gasteiger partial charge is 0.497 e. The number of Topliss-reactive ketones (excluding diaryl/α,β-unsaturated/α-hetero) is 1. The van der Waals surface area contributed by atoms with Crippen molar-refractivity contribution in [1.82, 2.24) is 0 Å². The Balaban J connectivity index is 1.94. The number of fused-ring (bicyclic) bond motifs is 1. The van der Waals surface area contributed by atoms with E-state index >= 15 is 0 Å². The Morgan fingerprint density at radius 1 is 1.25 bits per heavy atom. The Morgan fingerprint density at radius 2 is 2.08 bits per heavy atom. The predicted molar refractivity (Wildman–Crippen MR) is 92.9 cm³/mol. The van der Waals surface area contributed by atoms with Gasteiger partial charge in [0.05, 0.1) is 12.7 Å². The second-order valence-corrected chi connectivity index (χ2v) is 5.29. The minimum absolute atomic E-state index is 0.0614. The van der Waals surface area contributed by atoms with Crippen LogP contribution in [0.15, 0.2) is 60.7 Å². The molecule has 24 heavy (non-hydrogen) atoms. The van der Waals surface area contributed by atoms with E-state index in [1.807, 2.05) is 30.3 Å². The zero-order chi connectivity index (χ0) is 16.9. The number of hydrogen-bond donors (Lipinski definition) is 0. The molecule has 0 saturated carbocycles. The van der Waals surface area contributed by atoms with Crippen molar-refractivity contribution in [3.63, 3.8) is 0 Å². The van der Waals surface area contributed by atoms with Crippen LogP contribution in [0.2, 0.25) is 0 Å². The van der Waals surface area contributed by atoms with Gasteiger partial charge in [0.25, 0.3) is 0 Å². The summed E-state index contributed by atoms with van der Waals surface area (Å²) >= 11 is 0. The quantitative estimate of drug-likeness (QED) is 0.618. The highest BCUT2D eigenvalue weighted by atomic mass is 16.5. The van der Waals surface area contributed by atoms with Crippen LogP contribution in [0.5, 0.6) is 17.2 Å². The van der Waals surface area contributed by atoms with E-state index in [9.17, 15) is 4.79 Å². The molecule has 4 nitrogen and oxygen atoms in total. The lowest BCUT2D eigenvalue weighted by Gasteiger charge is -2.19. The number of benzene rings is 2. The molecule has 0 fully saturated rings. The summed E-state index contributed by atoms with van der Waals surface area (Å²) in [5.74, 6) is 1.85. The Morgan fingerprint density at radius 3 is 2.88 bits per heavy atom. The fourth-order valence-electron chi connectivity index (χ4n) is 2.51. The first-order valence-corrected chi connectivity index (χ1v) is 7.61. The molecule has 4 heteroatoms. The number of carbonyl (C=O) groups excluding carboxylic acids is 1. The molecule has 0 N–H and O–H groups in total. The van der Waals surface area contributed by atoms with Crippen LogP contribution in [0, 0.1) is 0 Å². The molecule has 0 amide bonds. The Bertz CT molecular complexity index is 805. The number of ketones is 1. The number of rotatable bonds is 5. The zero-order valence-corrected chi connectivity index (χ0v) is 13.5. The number of methoxy groups -OCH3 is 1. The van der Waals surface area contributed by atoms with Crippen LogP contribution in [0.3, 0.4) is 0 Å². The van der Waals surface area contributed by atoms with Gasteiger partial charge in [-0.1, -0.05) is 30.9 Å². The van der Waals surface area contributed by atoms with E-state index in [2.05, 4.69) is 6.58 Å². The van der Waals surface area contributed by atoms with Crippen LogP contribution in [-0.4, -0.2) is 26.1 Å². The van der Waals surface area contributed by atoms with Crippen molar-refractivity contribution in [2.45, 2.75) is 0 Å². The number of ether oxygens (including phenoxy) is 3. The fourth-order valence-corrected chi connectivity index (χ4v) is 2.51. The lowest BCUT2D eigenvalue weighted by atomic mass is 9.98. The van der Waals surface area contributed by atoms with Gasteiger partial charge >= 0.3 is 0 Å². The summed E-state index contributed by atoms with van der Waals surface area (Å²) in [5, 5.41) is 0.